The minimum absolute atomic E-state index is 0.0625. The molecule has 4 rings (SSSR count). The fourth-order valence-corrected chi connectivity index (χ4v) is 3.92. The number of piperazine rings is 1. The van der Waals surface area contributed by atoms with Gasteiger partial charge in [0, 0.05) is 44.3 Å². The van der Waals surface area contributed by atoms with Crippen LogP contribution >= 0.6 is 0 Å². The molecule has 1 N–H and O–H groups in total. The molecule has 0 spiro atoms. The summed E-state index contributed by atoms with van der Waals surface area (Å²) in [7, 11) is 0. The van der Waals surface area contributed by atoms with E-state index in [0.717, 1.165) is 50.4 Å². The number of halogens is 1. The molecule has 1 atom stereocenters. The summed E-state index contributed by atoms with van der Waals surface area (Å²) in [5, 5.41) is 3.41. The topological polar surface area (TPSA) is 35.6 Å². The molecule has 26 heavy (non-hydrogen) atoms. The number of nitrogens with one attached hydrogen (secondary N) is 1. The third-order valence-electron chi connectivity index (χ3n) is 5.42. The summed E-state index contributed by atoms with van der Waals surface area (Å²) in [6, 6.07) is 14.6. The van der Waals surface area contributed by atoms with Gasteiger partial charge in [-0.15, -0.1) is 0 Å². The number of benzene rings is 2. The van der Waals surface area contributed by atoms with Crippen molar-refractivity contribution >= 4 is 5.91 Å². The normalized spacial score (nSPS) is 21.1. The van der Waals surface area contributed by atoms with Crippen molar-refractivity contribution in [1.82, 2.24) is 15.1 Å². The number of nitrogens with zero attached hydrogens (tertiary/aromatic N) is 2. The molecule has 0 bridgehead atoms. The number of rotatable bonds is 3. The van der Waals surface area contributed by atoms with Gasteiger partial charge in [0.05, 0.1) is 0 Å². The largest absolute Gasteiger partial charge is 0.336 e. The van der Waals surface area contributed by atoms with Gasteiger partial charge in [-0.1, -0.05) is 24.3 Å². The fraction of sp³-hybridized carbons (Fsp3) is 0.381. The number of hydrogen-bond acceptors (Lipinski definition) is 3. The van der Waals surface area contributed by atoms with E-state index in [1.54, 1.807) is 6.07 Å². The molecule has 0 radical (unpaired) electrons. The van der Waals surface area contributed by atoms with Crippen molar-refractivity contribution in [3.05, 3.63) is 59.9 Å². The third-order valence-corrected chi connectivity index (χ3v) is 5.42. The molecular weight excluding hydrogens is 329 g/mol. The van der Waals surface area contributed by atoms with Crippen LogP contribution in [0, 0.1) is 5.82 Å². The maximum atomic E-state index is 13.5. The molecule has 2 aromatic carbocycles. The highest BCUT2D eigenvalue weighted by Gasteiger charge is 2.28. The first-order chi connectivity index (χ1) is 12.7. The zero-order chi connectivity index (χ0) is 17.9. The Bertz CT molecular complexity index is 780. The van der Waals surface area contributed by atoms with Gasteiger partial charge in [0.15, 0.2) is 0 Å². The predicted octanol–water partition coefficient (Wildman–Crippen LogP) is 2.61. The summed E-state index contributed by atoms with van der Waals surface area (Å²) in [5.74, 6) is -0.204. The number of carbonyl (C=O) groups excluding carboxylic acids is 1. The molecule has 1 amide bonds. The van der Waals surface area contributed by atoms with Gasteiger partial charge in [-0.05, 0) is 48.4 Å². The molecule has 2 aromatic rings. The van der Waals surface area contributed by atoms with E-state index in [0.29, 0.717) is 11.6 Å². The Balaban J connectivity index is 1.44. The van der Waals surface area contributed by atoms with Crippen molar-refractivity contribution in [2.24, 2.45) is 0 Å². The van der Waals surface area contributed by atoms with E-state index in [4.69, 9.17) is 0 Å². The summed E-state index contributed by atoms with van der Waals surface area (Å²) >= 11 is 0. The summed E-state index contributed by atoms with van der Waals surface area (Å²) in [5.41, 5.74) is 2.33. The zero-order valence-electron chi connectivity index (χ0n) is 14.8. The molecule has 5 heteroatoms. The summed E-state index contributed by atoms with van der Waals surface area (Å²) in [6.45, 7) is 5.54. The van der Waals surface area contributed by atoms with Crippen molar-refractivity contribution in [3.63, 3.8) is 0 Å². The van der Waals surface area contributed by atoms with Gasteiger partial charge in [0.25, 0.3) is 5.91 Å². The predicted molar refractivity (Wildman–Crippen MR) is 101 cm³/mol. The van der Waals surface area contributed by atoms with Crippen molar-refractivity contribution in [3.8, 4) is 11.1 Å². The SMILES string of the molecule is O=C(c1cccc(-c2cccc(F)c2)c1)N1CCN([C@@H]2CCNC2)CC1. The molecule has 0 saturated carbocycles. The highest BCUT2D eigenvalue weighted by Crippen LogP contribution is 2.22. The van der Waals surface area contributed by atoms with Gasteiger partial charge in [0.2, 0.25) is 0 Å². The van der Waals surface area contributed by atoms with Crippen molar-refractivity contribution in [2.75, 3.05) is 39.3 Å². The Morgan fingerprint density at radius 1 is 1.00 bits per heavy atom. The van der Waals surface area contributed by atoms with Crippen LogP contribution in [0.1, 0.15) is 16.8 Å². The summed E-state index contributed by atoms with van der Waals surface area (Å²) < 4.78 is 13.5. The van der Waals surface area contributed by atoms with Crippen LogP contribution in [-0.2, 0) is 0 Å². The quantitative estimate of drug-likeness (QED) is 0.921. The van der Waals surface area contributed by atoms with E-state index in [2.05, 4.69) is 10.2 Å². The van der Waals surface area contributed by atoms with Gasteiger partial charge in [-0.2, -0.15) is 0 Å². The highest BCUT2D eigenvalue weighted by molar-refractivity contribution is 5.95. The fourth-order valence-electron chi connectivity index (χ4n) is 3.92. The van der Waals surface area contributed by atoms with E-state index in [1.165, 1.54) is 18.6 Å². The molecule has 0 unspecified atom stereocenters. The molecular formula is C21H24FN3O. The second kappa shape index (κ2) is 7.56. The zero-order valence-corrected chi connectivity index (χ0v) is 14.8. The first-order valence-corrected chi connectivity index (χ1v) is 9.31. The van der Waals surface area contributed by atoms with Crippen LogP contribution in [0.5, 0.6) is 0 Å². The first-order valence-electron chi connectivity index (χ1n) is 9.31. The molecule has 0 aliphatic carbocycles. The Kier molecular flexibility index (Phi) is 5.00. The molecule has 2 fully saturated rings. The van der Waals surface area contributed by atoms with Crippen molar-refractivity contribution in [2.45, 2.75) is 12.5 Å². The number of amides is 1. The standard InChI is InChI=1S/C21H24FN3O/c22-19-6-2-4-17(14-19)16-3-1-5-18(13-16)21(26)25-11-9-24(10-12-25)20-7-8-23-15-20/h1-6,13-14,20,23H,7-12,15H2/t20-/m1/s1. The Labute approximate surface area is 153 Å². The summed E-state index contributed by atoms with van der Waals surface area (Å²) in [4.78, 5) is 17.3. The van der Waals surface area contributed by atoms with Crippen molar-refractivity contribution in [1.29, 1.82) is 0 Å². The Hall–Kier alpha value is -2.24. The lowest BCUT2D eigenvalue weighted by molar-refractivity contribution is 0.0584. The molecule has 2 saturated heterocycles. The van der Waals surface area contributed by atoms with Crippen LogP contribution in [0.15, 0.2) is 48.5 Å². The van der Waals surface area contributed by atoms with Crippen LogP contribution in [0.25, 0.3) is 11.1 Å². The van der Waals surface area contributed by atoms with Crippen LogP contribution in [0.4, 0.5) is 4.39 Å². The number of hydrogen-bond donors (Lipinski definition) is 1. The molecule has 4 nitrogen and oxygen atoms in total. The second-order valence-corrected chi connectivity index (χ2v) is 7.07. The van der Waals surface area contributed by atoms with Gasteiger partial charge in [-0.25, -0.2) is 4.39 Å². The van der Waals surface area contributed by atoms with Gasteiger partial charge in [0.1, 0.15) is 5.82 Å². The molecule has 0 aromatic heterocycles. The van der Waals surface area contributed by atoms with E-state index < -0.39 is 0 Å². The lowest BCUT2D eigenvalue weighted by atomic mass is 10.0. The molecule has 136 valence electrons. The van der Waals surface area contributed by atoms with Gasteiger partial charge < -0.3 is 10.2 Å². The maximum absolute atomic E-state index is 13.5. The monoisotopic (exact) mass is 353 g/mol. The smallest absolute Gasteiger partial charge is 0.253 e. The average Bonchev–Trinajstić information content (AvgIpc) is 3.22. The van der Waals surface area contributed by atoms with Gasteiger partial charge >= 0.3 is 0 Å². The number of carbonyl (C=O) groups is 1. The second-order valence-electron chi connectivity index (χ2n) is 7.07. The first kappa shape index (κ1) is 17.2. The Morgan fingerprint density at radius 2 is 1.73 bits per heavy atom. The maximum Gasteiger partial charge on any atom is 0.253 e. The van der Waals surface area contributed by atoms with Crippen LogP contribution in [0.2, 0.25) is 0 Å². The lowest BCUT2D eigenvalue weighted by Crippen LogP contribution is -2.52. The minimum atomic E-state index is -0.267. The van der Waals surface area contributed by atoms with Crippen LogP contribution < -0.4 is 5.32 Å². The van der Waals surface area contributed by atoms with E-state index in [9.17, 15) is 9.18 Å². The van der Waals surface area contributed by atoms with Crippen LogP contribution in [-0.4, -0.2) is 61.0 Å². The Morgan fingerprint density at radius 3 is 2.42 bits per heavy atom. The molecule has 2 heterocycles. The van der Waals surface area contributed by atoms with E-state index >= 15 is 0 Å². The van der Waals surface area contributed by atoms with Gasteiger partial charge in [-0.3, -0.25) is 9.69 Å². The van der Waals surface area contributed by atoms with E-state index in [-0.39, 0.29) is 11.7 Å². The van der Waals surface area contributed by atoms with Crippen LogP contribution in [0.3, 0.4) is 0 Å². The molecule has 2 aliphatic heterocycles. The summed E-state index contributed by atoms with van der Waals surface area (Å²) in [6.07, 6.45) is 1.20. The lowest BCUT2D eigenvalue weighted by Gasteiger charge is -2.37. The minimum Gasteiger partial charge on any atom is -0.336 e. The highest BCUT2D eigenvalue weighted by atomic mass is 19.1. The van der Waals surface area contributed by atoms with Crippen molar-refractivity contribution < 1.29 is 9.18 Å². The average molecular weight is 353 g/mol. The van der Waals surface area contributed by atoms with E-state index in [1.807, 2.05) is 35.2 Å². The molecule has 2 aliphatic rings. The third kappa shape index (κ3) is 3.64.